The van der Waals surface area contributed by atoms with E-state index in [1.165, 1.54) is 6.33 Å². The molecule has 0 fully saturated rings. The van der Waals surface area contributed by atoms with Crippen LogP contribution in [0.1, 0.15) is 11.1 Å². The van der Waals surface area contributed by atoms with E-state index < -0.39 is 4.92 Å². The van der Waals surface area contributed by atoms with Crippen molar-refractivity contribution in [1.82, 2.24) is 9.97 Å². The average molecular weight is 375 g/mol. The van der Waals surface area contributed by atoms with Crippen molar-refractivity contribution in [2.75, 3.05) is 50.7 Å². The van der Waals surface area contributed by atoms with Gasteiger partial charge < -0.3 is 19.7 Å². The van der Waals surface area contributed by atoms with Gasteiger partial charge in [0.05, 0.1) is 18.1 Å². The number of anilines is 3. The number of rotatable bonds is 10. The molecule has 1 N–H and O–H groups in total. The van der Waals surface area contributed by atoms with Crippen molar-refractivity contribution in [3.05, 3.63) is 45.8 Å². The Bertz CT molecular complexity index is 776. The van der Waals surface area contributed by atoms with E-state index in [2.05, 4.69) is 15.3 Å². The second-order valence-electron chi connectivity index (χ2n) is 6.07. The van der Waals surface area contributed by atoms with Crippen LogP contribution in [0.2, 0.25) is 0 Å². The zero-order chi connectivity index (χ0) is 19.8. The minimum Gasteiger partial charge on any atom is -0.383 e. The third kappa shape index (κ3) is 5.35. The second kappa shape index (κ2) is 9.79. The molecular weight excluding hydrogens is 350 g/mol. The van der Waals surface area contributed by atoms with Crippen LogP contribution in [-0.2, 0) is 9.47 Å². The first kappa shape index (κ1) is 20.5. The topological polar surface area (TPSA) is 103 Å². The fraction of sp³-hybridized carbons (Fsp3) is 0.444. The van der Waals surface area contributed by atoms with E-state index in [1.54, 1.807) is 19.1 Å². The van der Waals surface area contributed by atoms with Gasteiger partial charge in [0.15, 0.2) is 0 Å². The Balaban J connectivity index is 2.45. The summed E-state index contributed by atoms with van der Waals surface area (Å²) in [6, 6.07) is 5.86. The summed E-state index contributed by atoms with van der Waals surface area (Å²) < 4.78 is 10.2. The lowest BCUT2D eigenvalue weighted by atomic mass is 10.1. The van der Waals surface area contributed by atoms with Crippen molar-refractivity contribution in [2.24, 2.45) is 0 Å². The number of nitrogens with one attached hydrogen (secondary N) is 1. The molecular formula is C18H25N5O4. The molecule has 146 valence electrons. The van der Waals surface area contributed by atoms with E-state index in [4.69, 9.17) is 9.47 Å². The van der Waals surface area contributed by atoms with Crippen molar-refractivity contribution in [3.8, 4) is 0 Å². The molecule has 9 heteroatoms. The molecule has 0 saturated carbocycles. The van der Waals surface area contributed by atoms with Crippen LogP contribution >= 0.6 is 0 Å². The Kier molecular flexibility index (Phi) is 7.44. The van der Waals surface area contributed by atoms with Gasteiger partial charge in [0.1, 0.15) is 6.33 Å². The minimum absolute atomic E-state index is 0.151. The first-order chi connectivity index (χ1) is 13.0. The molecule has 0 aliphatic carbocycles. The zero-order valence-electron chi connectivity index (χ0n) is 16.1. The lowest BCUT2D eigenvalue weighted by Gasteiger charge is -2.23. The summed E-state index contributed by atoms with van der Waals surface area (Å²) in [5.41, 5.74) is 2.60. The molecule has 0 saturated heterocycles. The number of aryl methyl sites for hydroxylation is 2. The third-order valence-corrected chi connectivity index (χ3v) is 4.06. The van der Waals surface area contributed by atoms with Crippen LogP contribution in [0.5, 0.6) is 0 Å². The largest absolute Gasteiger partial charge is 0.383 e. The van der Waals surface area contributed by atoms with Gasteiger partial charge in [0.2, 0.25) is 11.6 Å². The van der Waals surface area contributed by atoms with Crippen molar-refractivity contribution < 1.29 is 14.4 Å². The molecule has 0 spiro atoms. The summed E-state index contributed by atoms with van der Waals surface area (Å²) in [7, 11) is 3.16. The smallest absolute Gasteiger partial charge is 0.353 e. The number of benzene rings is 1. The molecule has 9 nitrogen and oxygen atoms in total. The Hall–Kier alpha value is -2.78. The summed E-state index contributed by atoms with van der Waals surface area (Å²) in [5.74, 6) is 0.385. The molecule has 0 aliphatic rings. The average Bonchev–Trinajstić information content (AvgIpc) is 2.64. The molecule has 2 aromatic rings. The van der Waals surface area contributed by atoms with Crippen LogP contribution in [0.4, 0.5) is 23.0 Å². The van der Waals surface area contributed by atoms with E-state index in [9.17, 15) is 10.1 Å². The van der Waals surface area contributed by atoms with Crippen LogP contribution in [0, 0.1) is 24.0 Å². The predicted octanol–water partition coefficient (Wildman–Crippen LogP) is 2.84. The first-order valence-corrected chi connectivity index (χ1v) is 8.54. The summed E-state index contributed by atoms with van der Waals surface area (Å²) in [5, 5.41) is 14.9. The van der Waals surface area contributed by atoms with E-state index >= 15 is 0 Å². The minimum atomic E-state index is -0.463. The van der Waals surface area contributed by atoms with Crippen molar-refractivity contribution >= 4 is 23.0 Å². The number of ether oxygens (including phenoxy) is 2. The fourth-order valence-electron chi connectivity index (χ4n) is 2.59. The van der Waals surface area contributed by atoms with Gasteiger partial charge in [-0.15, -0.1) is 0 Å². The fourth-order valence-corrected chi connectivity index (χ4v) is 2.59. The molecule has 1 heterocycles. The second-order valence-corrected chi connectivity index (χ2v) is 6.07. The monoisotopic (exact) mass is 375 g/mol. The highest BCUT2D eigenvalue weighted by atomic mass is 16.6. The third-order valence-electron chi connectivity index (χ3n) is 4.06. The highest BCUT2D eigenvalue weighted by Gasteiger charge is 2.27. The lowest BCUT2D eigenvalue weighted by Crippen LogP contribution is -2.32. The normalized spacial score (nSPS) is 10.7. The van der Waals surface area contributed by atoms with Crippen LogP contribution in [-0.4, -0.2) is 55.4 Å². The number of hydrogen-bond acceptors (Lipinski definition) is 8. The lowest BCUT2D eigenvalue weighted by molar-refractivity contribution is -0.383. The van der Waals surface area contributed by atoms with Gasteiger partial charge >= 0.3 is 5.69 Å². The SMILES string of the molecule is COCCN(CCOC)c1ncnc(Nc2cc(C)ccc2C)c1[N+](=O)[O-]. The molecule has 0 amide bonds. The van der Waals surface area contributed by atoms with Crippen molar-refractivity contribution in [1.29, 1.82) is 0 Å². The molecule has 1 aromatic carbocycles. The highest BCUT2D eigenvalue weighted by Crippen LogP contribution is 2.34. The standard InChI is InChI=1S/C18H25N5O4/c1-13-5-6-14(2)15(11-13)21-17-16(23(24)25)18(20-12-19-17)22(7-9-26-3)8-10-27-4/h5-6,11-12H,7-10H2,1-4H3,(H,19,20,21). The van der Waals surface area contributed by atoms with Crippen molar-refractivity contribution in [2.45, 2.75) is 13.8 Å². The van der Waals surface area contributed by atoms with Crippen molar-refractivity contribution in [3.63, 3.8) is 0 Å². The Morgan fingerprint density at radius 1 is 1.15 bits per heavy atom. The van der Waals surface area contributed by atoms with E-state index in [0.29, 0.717) is 26.3 Å². The van der Waals surface area contributed by atoms with Gasteiger partial charge in [-0.2, -0.15) is 0 Å². The van der Waals surface area contributed by atoms with Crippen LogP contribution < -0.4 is 10.2 Å². The Morgan fingerprint density at radius 3 is 2.41 bits per heavy atom. The van der Waals surface area contributed by atoms with Gasteiger partial charge in [-0.25, -0.2) is 9.97 Å². The van der Waals surface area contributed by atoms with Crippen LogP contribution in [0.15, 0.2) is 24.5 Å². The first-order valence-electron chi connectivity index (χ1n) is 8.54. The number of nitrogens with zero attached hydrogens (tertiary/aromatic N) is 4. The summed E-state index contributed by atoms with van der Waals surface area (Å²) in [6.07, 6.45) is 1.32. The maximum absolute atomic E-state index is 11.8. The molecule has 1 aromatic heterocycles. The zero-order valence-corrected chi connectivity index (χ0v) is 16.1. The molecule has 0 radical (unpaired) electrons. The molecule has 27 heavy (non-hydrogen) atoms. The molecule has 0 aliphatic heterocycles. The van der Waals surface area contributed by atoms with E-state index in [1.807, 2.05) is 32.0 Å². The number of hydrogen-bond donors (Lipinski definition) is 1. The van der Waals surface area contributed by atoms with Crippen LogP contribution in [0.3, 0.4) is 0 Å². The molecule has 0 unspecified atom stereocenters. The van der Waals surface area contributed by atoms with Gasteiger partial charge in [-0.1, -0.05) is 12.1 Å². The number of nitro groups is 1. The Labute approximate surface area is 158 Å². The summed E-state index contributed by atoms with van der Waals surface area (Å²) >= 11 is 0. The summed E-state index contributed by atoms with van der Waals surface area (Å²) in [6.45, 7) is 5.59. The Morgan fingerprint density at radius 2 is 1.81 bits per heavy atom. The number of methoxy groups -OCH3 is 2. The van der Waals surface area contributed by atoms with Gasteiger partial charge in [-0.05, 0) is 31.0 Å². The highest BCUT2D eigenvalue weighted by molar-refractivity contribution is 5.75. The van der Waals surface area contributed by atoms with E-state index in [-0.39, 0.29) is 17.3 Å². The molecule has 0 atom stereocenters. The summed E-state index contributed by atoms with van der Waals surface area (Å²) in [4.78, 5) is 21.4. The van der Waals surface area contributed by atoms with Gasteiger partial charge in [0, 0.05) is 33.0 Å². The van der Waals surface area contributed by atoms with Gasteiger partial charge in [0.25, 0.3) is 0 Å². The van der Waals surface area contributed by atoms with Gasteiger partial charge in [-0.3, -0.25) is 10.1 Å². The van der Waals surface area contributed by atoms with Crippen LogP contribution in [0.25, 0.3) is 0 Å². The molecule has 2 rings (SSSR count). The predicted molar refractivity (Wildman–Crippen MR) is 104 cm³/mol. The molecule has 0 bridgehead atoms. The quantitative estimate of drug-likeness (QED) is 0.499. The number of aromatic nitrogens is 2. The maximum atomic E-state index is 11.8. The maximum Gasteiger partial charge on any atom is 0.353 e. The van der Waals surface area contributed by atoms with E-state index in [0.717, 1.165) is 16.8 Å².